The highest BCUT2D eigenvalue weighted by Crippen LogP contribution is 2.30. The van der Waals surface area contributed by atoms with Crippen LogP contribution in [0.15, 0.2) is 41.1 Å². The summed E-state index contributed by atoms with van der Waals surface area (Å²) in [5, 5.41) is 4.75. The van der Waals surface area contributed by atoms with Gasteiger partial charge in [0.1, 0.15) is 5.82 Å². The number of anilines is 1. The van der Waals surface area contributed by atoms with Crippen LogP contribution in [-0.2, 0) is 7.05 Å². The fraction of sp³-hybridized carbons (Fsp3) is 0.0714. The first-order valence-electron chi connectivity index (χ1n) is 6.12. The van der Waals surface area contributed by atoms with E-state index < -0.39 is 0 Å². The minimum Gasteiger partial charge on any atom is -0.384 e. The molecule has 0 aliphatic carbocycles. The monoisotopic (exact) mass is 363 g/mol. The van der Waals surface area contributed by atoms with Gasteiger partial charge in [-0.2, -0.15) is 5.10 Å². The Morgan fingerprint density at radius 1 is 1.24 bits per heavy atom. The van der Waals surface area contributed by atoms with Gasteiger partial charge in [0.2, 0.25) is 0 Å². The van der Waals surface area contributed by atoms with E-state index in [4.69, 9.17) is 17.3 Å². The van der Waals surface area contributed by atoms with E-state index in [1.54, 1.807) is 29.1 Å². The number of nitrogen functional groups attached to an aromatic ring is 1. The second kappa shape index (κ2) is 5.46. The molecule has 0 aliphatic rings. The number of aromatic nitrogens is 4. The maximum atomic E-state index is 6.05. The number of hydrogen-bond donors (Lipinski definition) is 1. The van der Waals surface area contributed by atoms with Crippen LogP contribution in [0.5, 0.6) is 0 Å². The first kappa shape index (κ1) is 14.0. The quantitative estimate of drug-likeness (QED) is 0.755. The van der Waals surface area contributed by atoms with Gasteiger partial charge in [0.25, 0.3) is 0 Å². The smallest absolute Gasteiger partial charge is 0.163 e. The van der Waals surface area contributed by atoms with Gasteiger partial charge in [-0.1, -0.05) is 27.5 Å². The maximum absolute atomic E-state index is 6.05. The standard InChI is InChI=1S/C14H11BrClN5/c1-21-7-8(6-18-21)12-5-13(17)20-14(19-12)10-4-9(16)2-3-11(10)15/h2-7H,1H3,(H2,17,19,20). The van der Waals surface area contributed by atoms with Crippen LogP contribution in [0.2, 0.25) is 5.02 Å². The molecule has 0 unspecified atom stereocenters. The summed E-state index contributed by atoms with van der Waals surface area (Å²) in [7, 11) is 1.85. The van der Waals surface area contributed by atoms with Gasteiger partial charge in [-0.25, -0.2) is 9.97 Å². The summed E-state index contributed by atoms with van der Waals surface area (Å²) in [6.45, 7) is 0. The molecule has 0 aliphatic heterocycles. The number of rotatable bonds is 2. The van der Waals surface area contributed by atoms with Crippen LogP contribution in [0.25, 0.3) is 22.6 Å². The van der Waals surface area contributed by atoms with Crippen LogP contribution in [0, 0.1) is 0 Å². The van der Waals surface area contributed by atoms with Crippen LogP contribution in [0.3, 0.4) is 0 Å². The topological polar surface area (TPSA) is 69.6 Å². The average molecular weight is 365 g/mol. The van der Waals surface area contributed by atoms with Crippen molar-refractivity contribution in [3.8, 4) is 22.6 Å². The van der Waals surface area contributed by atoms with Crippen molar-refractivity contribution in [1.82, 2.24) is 19.7 Å². The molecule has 2 heterocycles. The molecule has 0 saturated carbocycles. The summed E-state index contributed by atoms with van der Waals surface area (Å²) in [5.41, 5.74) is 8.29. The lowest BCUT2D eigenvalue weighted by molar-refractivity contribution is 0.768. The van der Waals surface area contributed by atoms with Crippen LogP contribution in [-0.4, -0.2) is 19.7 Å². The fourth-order valence-electron chi connectivity index (χ4n) is 1.96. The molecule has 0 saturated heterocycles. The van der Waals surface area contributed by atoms with Crippen LogP contribution < -0.4 is 5.73 Å². The number of halogens is 2. The lowest BCUT2D eigenvalue weighted by Crippen LogP contribution is -1.98. The summed E-state index contributed by atoms with van der Waals surface area (Å²) >= 11 is 9.53. The second-order valence-corrected chi connectivity index (χ2v) is 5.82. The van der Waals surface area contributed by atoms with Crippen molar-refractivity contribution in [1.29, 1.82) is 0 Å². The highest BCUT2D eigenvalue weighted by molar-refractivity contribution is 9.10. The Morgan fingerprint density at radius 3 is 2.76 bits per heavy atom. The Morgan fingerprint density at radius 2 is 2.05 bits per heavy atom. The summed E-state index contributed by atoms with van der Waals surface area (Å²) < 4.78 is 2.57. The lowest BCUT2D eigenvalue weighted by Gasteiger charge is -2.07. The minimum absolute atomic E-state index is 0.394. The van der Waals surface area contributed by atoms with E-state index in [0.29, 0.717) is 16.7 Å². The van der Waals surface area contributed by atoms with Gasteiger partial charge < -0.3 is 5.73 Å². The highest BCUT2D eigenvalue weighted by Gasteiger charge is 2.11. The molecule has 0 fully saturated rings. The molecule has 0 bridgehead atoms. The number of nitrogens with two attached hydrogens (primary N) is 1. The third kappa shape index (κ3) is 2.91. The van der Waals surface area contributed by atoms with Gasteiger partial charge in [0.15, 0.2) is 5.82 Å². The summed E-state index contributed by atoms with van der Waals surface area (Å²) in [6, 6.07) is 7.17. The molecule has 5 nitrogen and oxygen atoms in total. The summed E-state index contributed by atoms with van der Waals surface area (Å²) in [4.78, 5) is 8.85. The van der Waals surface area contributed by atoms with Crippen molar-refractivity contribution in [2.75, 3.05) is 5.73 Å². The highest BCUT2D eigenvalue weighted by atomic mass is 79.9. The van der Waals surface area contributed by atoms with Crippen molar-refractivity contribution in [3.05, 3.63) is 46.2 Å². The van der Waals surface area contributed by atoms with Gasteiger partial charge in [-0.15, -0.1) is 0 Å². The van der Waals surface area contributed by atoms with Crippen molar-refractivity contribution in [3.63, 3.8) is 0 Å². The molecule has 21 heavy (non-hydrogen) atoms. The SMILES string of the molecule is Cn1cc(-c2cc(N)nc(-c3cc(Cl)ccc3Br)n2)cn1. The van der Waals surface area contributed by atoms with E-state index in [1.165, 1.54) is 0 Å². The summed E-state index contributed by atoms with van der Waals surface area (Å²) in [6.07, 6.45) is 3.61. The van der Waals surface area contributed by atoms with Gasteiger partial charge >= 0.3 is 0 Å². The molecule has 106 valence electrons. The van der Waals surface area contributed by atoms with E-state index in [2.05, 4.69) is 31.0 Å². The van der Waals surface area contributed by atoms with Crippen molar-refractivity contribution >= 4 is 33.3 Å². The lowest BCUT2D eigenvalue weighted by atomic mass is 10.2. The van der Waals surface area contributed by atoms with E-state index in [9.17, 15) is 0 Å². The molecule has 0 radical (unpaired) electrons. The largest absolute Gasteiger partial charge is 0.384 e. The molecular formula is C14H11BrClN5. The third-order valence-electron chi connectivity index (χ3n) is 2.92. The Labute approximate surface area is 134 Å². The Hall–Kier alpha value is -1.92. The predicted molar refractivity (Wildman–Crippen MR) is 86.8 cm³/mol. The Balaban J connectivity index is 2.16. The molecule has 7 heteroatoms. The Bertz CT molecular complexity index is 815. The maximum Gasteiger partial charge on any atom is 0.163 e. The van der Waals surface area contributed by atoms with E-state index in [-0.39, 0.29) is 0 Å². The molecule has 1 aromatic carbocycles. The van der Waals surface area contributed by atoms with E-state index in [1.807, 2.05) is 19.3 Å². The zero-order valence-electron chi connectivity index (χ0n) is 11.1. The molecule has 3 aromatic rings. The van der Waals surface area contributed by atoms with Crippen LogP contribution >= 0.6 is 27.5 Å². The van der Waals surface area contributed by atoms with Gasteiger partial charge in [0, 0.05) is 39.9 Å². The predicted octanol–water partition coefficient (Wildman–Crippen LogP) is 3.54. The summed E-state index contributed by atoms with van der Waals surface area (Å²) in [5.74, 6) is 0.911. The second-order valence-electron chi connectivity index (χ2n) is 4.53. The first-order chi connectivity index (χ1) is 10.0. The van der Waals surface area contributed by atoms with Crippen molar-refractivity contribution in [2.45, 2.75) is 0 Å². The molecule has 0 spiro atoms. The Kier molecular flexibility index (Phi) is 3.65. The number of aryl methyl sites for hydroxylation is 1. The number of hydrogen-bond acceptors (Lipinski definition) is 4. The number of benzene rings is 1. The normalized spacial score (nSPS) is 10.8. The number of nitrogens with zero attached hydrogens (tertiary/aromatic N) is 4. The van der Waals surface area contributed by atoms with Crippen LogP contribution in [0.4, 0.5) is 5.82 Å². The molecule has 0 amide bonds. The molecule has 2 aromatic heterocycles. The van der Waals surface area contributed by atoms with Crippen molar-refractivity contribution < 1.29 is 0 Å². The zero-order valence-corrected chi connectivity index (χ0v) is 13.4. The van der Waals surface area contributed by atoms with E-state index >= 15 is 0 Å². The minimum atomic E-state index is 0.394. The third-order valence-corrected chi connectivity index (χ3v) is 3.84. The van der Waals surface area contributed by atoms with Crippen LogP contribution in [0.1, 0.15) is 0 Å². The molecule has 2 N–H and O–H groups in total. The average Bonchev–Trinajstić information content (AvgIpc) is 2.87. The molecule has 3 rings (SSSR count). The molecular weight excluding hydrogens is 354 g/mol. The first-order valence-corrected chi connectivity index (χ1v) is 7.29. The van der Waals surface area contributed by atoms with Gasteiger partial charge in [-0.05, 0) is 18.2 Å². The van der Waals surface area contributed by atoms with Gasteiger partial charge in [-0.3, -0.25) is 4.68 Å². The fourth-order valence-corrected chi connectivity index (χ4v) is 2.55. The van der Waals surface area contributed by atoms with Crippen molar-refractivity contribution in [2.24, 2.45) is 7.05 Å². The molecule has 0 atom stereocenters. The van der Waals surface area contributed by atoms with Gasteiger partial charge in [0.05, 0.1) is 11.9 Å². The van der Waals surface area contributed by atoms with E-state index in [0.717, 1.165) is 21.3 Å². The zero-order chi connectivity index (χ0) is 15.0.